The molecular formula is C34H45NO6SeSi. The molecule has 0 N–H and O–H groups in total. The Morgan fingerprint density at radius 3 is 2.37 bits per heavy atom. The van der Waals surface area contributed by atoms with Gasteiger partial charge >= 0.3 is 220 Å². The molecular weight excluding hydrogens is 625 g/mol. The molecule has 0 aromatic heterocycles. The summed E-state index contributed by atoms with van der Waals surface area (Å²) < 4.78 is 30.2. The summed E-state index contributed by atoms with van der Waals surface area (Å²) >= 11 is -0.248. The minimum atomic E-state index is -1.14. The van der Waals surface area contributed by atoms with Crippen molar-refractivity contribution in [3.05, 3.63) is 78.4 Å². The average Bonchev–Trinajstić information content (AvgIpc) is 3.27. The van der Waals surface area contributed by atoms with Crippen molar-refractivity contribution < 1.29 is 28.5 Å². The van der Waals surface area contributed by atoms with Crippen molar-refractivity contribution in [2.75, 3.05) is 38.6 Å². The average molecular weight is 671 g/mol. The Kier molecular flexibility index (Phi) is 11.0. The molecule has 1 saturated heterocycles. The van der Waals surface area contributed by atoms with Crippen LogP contribution >= 0.6 is 0 Å². The molecule has 0 saturated carbocycles. The van der Waals surface area contributed by atoms with Crippen molar-refractivity contribution in [1.29, 1.82) is 0 Å². The minimum Gasteiger partial charge on any atom is -0.356 e. The molecule has 7 nitrogen and oxygen atoms in total. The quantitative estimate of drug-likeness (QED) is 0.112. The van der Waals surface area contributed by atoms with Crippen LogP contribution in [-0.2, 0) is 14.3 Å². The molecule has 4 rings (SSSR count). The minimum absolute atomic E-state index is 0.0451. The number of anilines is 1. The standard InChI is InChI=1S/C34H45NO6SeSi/c1-26-13-16-28(17-14-26)41-34(42-29-11-9-8-10-12-29)19-20-35(32(34)36)27-15-18-30(31(23-27)37-4)39-24-33(2,3)40-25-38-21-22-43(5,6)7/h8-18,23H,19-22,24-25H2,1-7H3. The normalized spacial score (nSPS) is 17.3. The molecule has 1 aliphatic rings. The van der Waals surface area contributed by atoms with Crippen LogP contribution in [0.3, 0.4) is 0 Å². The van der Waals surface area contributed by atoms with Gasteiger partial charge in [0.25, 0.3) is 0 Å². The Bertz CT molecular complexity index is 1350. The van der Waals surface area contributed by atoms with Crippen LogP contribution in [0.15, 0.2) is 72.8 Å². The van der Waals surface area contributed by atoms with Crippen molar-refractivity contribution >= 4 is 39.1 Å². The molecule has 0 radical (unpaired) electrons. The Labute approximate surface area is 264 Å². The number of hydrogen-bond acceptors (Lipinski definition) is 6. The summed E-state index contributed by atoms with van der Waals surface area (Å²) in [6.07, 6.45) is 0.584. The maximum absolute atomic E-state index is 14.2. The van der Waals surface area contributed by atoms with Crippen molar-refractivity contribution in [2.45, 2.75) is 63.0 Å². The van der Waals surface area contributed by atoms with Gasteiger partial charge in [0.2, 0.25) is 0 Å². The molecule has 1 atom stereocenters. The number of carbonyl (C=O) groups excluding carboxylic acids is 1. The first kappa shape index (κ1) is 33.1. The van der Waals surface area contributed by atoms with E-state index in [0.29, 0.717) is 43.4 Å². The van der Waals surface area contributed by atoms with E-state index in [1.165, 1.54) is 0 Å². The predicted molar refractivity (Wildman–Crippen MR) is 176 cm³/mol. The van der Waals surface area contributed by atoms with E-state index in [0.717, 1.165) is 21.8 Å². The molecule has 43 heavy (non-hydrogen) atoms. The third-order valence-corrected chi connectivity index (χ3v) is 11.6. The van der Waals surface area contributed by atoms with Crippen molar-refractivity contribution in [1.82, 2.24) is 0 Å². The van der Waals surface area contributed by atoms with E-state index in [1.807, 2.05) is 81.4 Å². The third kappa shape index (κ3) is 9.34. The Morgan fingerprint density at radius 1 is 0.977 bits per heavy atom. The predicted octanol–water partition coefficient (Wildman–Crippen LogP) is 6.03. The molecule has 3 aromatic carbocycles. The molecule has 1 heterocycles. The summed E-state index contributed by atoms with van der Waals surface area (Å²) in [5, 5.41) is 0. The van der Waals surface area contributed by atoms with Gasteiger partial charge in [-0.1, -0.05) is 19.6 Å². The van der Waals surface area contributed by atoms with Crippen molar-refractivity contribution in [3.63, 3.8) is 0 Å². The fourth-order valence-corrected chi connectivity index (χ4v) is 7.76. The van der Waals surface area contributed by atoms with Crippen LogP contribution in [0.2, 0.25) is 25.7 Å². The van der Waals surface area contributed by atoms with Crippen LogP contribution in [0, 0.1) is 6.92 Å². The zero-order valence-electron chi connectivity index (χ0n) is 26.5. The molecule has 1 unspecified atom stereocenters. The first-order valence-electron chi connectivity index (χ1n) is 14.7. The Hall–Kier alpha value is -2.81. The first-order valence-corrected chi connectivity index (χ1v) is 20.2. The van der Waals surface area contributed by atoms with Gasteiger partial charge in [-0.15, -0.1) is 0 Å². The summed E-state index contributed by atoms with van der Waals surface area (Å²) in [6, 6.07) is 24.7. The van der Waals surface area contributed by atoms with Gasteiger partial charge in [0, 0.05) is 14.7 Å². The van der Waals surface area contributed by atoms with E-state index in [9.17, 15) is 4.79 Å². The fourth-order valence-electron chi connectivity index (χ4n) is 4.48. The van der Waals surface area contributed by atoms with E-state index in [-0.39, 0.29) is 27.7 Å². The molecule has 0 bridgehead atoms. The number of amides is 1. The molecule has 0 aliphatic carbocycles. The van der Waals surface area contributed by atoms with Crippen LogP contribution in [-0.4, -0.2) is 72.7 Å². The number of rotatable bonds is 15. The van der Waals surface area contributed by atoms with Crippen molar-refractivity contribution in [2.24, 2.45) is 0 Å². The van der Waals surface area contributed by atoms with Crippen molar-refractivity contribution in [3.8, 4) is 17.2 Å². The summed E-state index contributed by atoms with van der Waals surface area (Å²) in [5.41, 5.74) is 1.34. The molecule has 1 fully saturated rings. The monoisotopic (exact) mass is 671 g/mol. The number of benzene rings is 3. The van der Waals surface area contributed by atoms with Gasteiger partial charge in [-0.3, -0.25) is 0 Å². The van der Waals surface area contributed by atoms with E-state index < -0.39 is 18.2 Å². The zero-order chi connectivity index (χ0) is 31.1. The second-order valence-electron chi connectivity index (χ2n) is 12.7. The van der Waals surface area contributed by atoms with Gasteiger partial charge in [0.1, 0.15) is 0 Å². The van der Waals surface area contributed by atoms with Gasteiger partial charge in [-0.05, 0) is 6.04 Å². The van der Waals surface area contributed by atoms with Crippen LogP contribution < -0.4 is 23.6 Å². The van der Waals surface area contributed by atoms with Crippen LogP contribution in [0.25, 0.3) is 0 Å². The van der Waals surface area contributed by atoms with Crippen LogP contribution in [0.5, 0.6) is 17.2 Å². The number of ether oxygens (including phenoxy) is 5. The first-order chi connectivity index (χ1) is 20.4. The van der Waals surface area contributed by atoms with Gasteiger partial charge in [-0.25, -0.2) is 0 Å². The van der Waals surface area contributed by atoms with Gasteiger partial charge in [-0.2, -0.15) is 0 Å². The SMILES string of the molecule is COc1cc(N2CCC(Oc3ccc(C)cc3)([Se]c3ccccc3)C2=O)ccc1OCC(C)(C)OCOCC[Si](C)(C)C. The van der Waals surface area contributed by atoms with Crippen LogP contribution in [0.4, 0.5) is 5.69 Å². The molecule has 232 valence electrons. The van der Waals surface area contributed by atoms with Gasteiger partial charge in [0.15, 0.2) is 0 Å². The molecule has 1 amide bonds. The summed E-state index contributed by atoms with van der Waals surface area (Å²) in [4.78, 5) is 16.0. The zero-order valence-corrected chi connectivity index (χ0v) is 29.2. The maximum atomic E-state index is 14.2. The fraction of sp³-hybridized carbons (Fsp3) is 0.441. The number of aryl methyl sites for hydroxylation is 1. The van der Waals surface area contributed by atoms with Gasteiger partial charge < -0.3 is 4.74 Å². The Balaban J connectivity index is 1.45. The summed E-state index contributed by atoms with van der Waals surface area (Å²) in [5.74, 6) is 1.80. The smallest absolute Gasteiger partial charge is 0.356 e. The van der Waals surface area contributed by atoms with E-state index in [2.05, 4.69) is 31.8 Å². The Morgan fingerprint density at radius 2 is 1.70 bits per heavy atom. The number of hydrogen-bond donors (Lipinski definition) is 0. The second-order valence-corrected chi connectivity index (χ2v) is 21.1. The number of methoxy groups -OCH3 is 1. The molecule has 3 aromatic rings. The summed E-state index contributed by atoms with van der Waals surface area (Å²) in [7, 11) is 0.469. The van der Waals surface area contributed by atoms with Gasteiger partial charge in [0.05, 0.1) is 0 Å². The topological polar surface area (TPSA) is 66.5 Å². The van der Waals surface area contributed by atoms with E-state index >= 15 is 0 Å². The second kappa shape index (κ2) is 14.3. The molecule has 0 spiro atoms. The summed E-state index contributed by atoms with van der Waals surface area (Å²) in [6.45, 7) is 14.8. The van der Waals surface area contributed by atoms with E-state index in [1.54, 1.807) is 12.0 Å². The number of carbonyl (C=O) groups is 1. The number of nitrogens with zero attached hydrogens (tertiary/aromatic N) is 1. The molecule has 9 heteroatoms. The van der Waals surface area contributed by atoms with Crippen LogP contribution in [0.1, 0.15) is 25.8 Å². The van der Waals surface area contributed by atoms with E-state index in [4.69, 9.17) is 23.7 Å². The molecule has 1 aliphatic heterocycles. The third-order valence-electron chi connectivity index (χ3n) is 7.13.